The van der Waals surface area contributed by atoms with Gasteiger partial charge in [0, 0.05) is 7.05 Å². The lowest BCUT2D eigenvalue weighted by molar-refractivity contribution is -0.124. The highest BCUT2D eigenvalue weighted by molar-refractivity contribution is 8.97. The van der Waals surface area contributed by atoms with E-state index in [1.54, 1.807) is 18.4 Å². The minimum absolute atomic E-state index is 0.0895. The third-order valence-corrected chi connectivity index (χ3v) is 13.8. The second-order valence-corrected chi connectivity index (χ2v) is 15.9. The van der Waals surface area contributed by atoms with E-state index in [0.29, 0.717) is 0 Å². The lowest BCUT2D eigenvalue weighted by Gasteiger charge is -2.19. The van der Waals surface area contributed by atoms with Crippen LogP contribution in [0.15, 0.2) is 0 Å². The van der Waals surface area contributed by atoms with Crippen LogP contribution in [0, 0.1) is 0 Å². The van der Waals surface area contributed by atoms with Crippen molar-refractivity contribution < 1.29 is 9.00 Å². The van der Waals surface area contributed by atoms with E-state index in [-0.39, 0.29) is 17.3 Å². The highest BCUT2D eigenvalue weighted by atomic mass is 33.2. The van der Waals surface area contributed by atoms with E-state index >= 15 is 0 Å². The van der Waals surface area contributed by atoms with Gasteiger partial charge in [-0.15, -0.1) is 23.6 Å². The molecule has 1 fully saturated rings. The predicted octanol–water partition coefficient (Wildman–Crippen LogP) is 1.83. The van der Waals surface area contributed by atoms with Gasteiger partial charge in [0.1, 0.15) is 16.0 Å². The minimum atomic E-state index is -1.99. The Balaban J connectivity index is 2.86. The van der Waals surface area contributed by atoms with Gasteiger partial charge >= 0.3 is 0 Å². The van der Waals surface area contributed by atoms with E-state index in [2.05, 4.69) is 12.2 Å². The van der Waals surface area contributed by atoms with Gasteiger partial charge < -0.3 is 0 Å². The molecule has 1 amide bonds. The maximum atomic E-state index is 11.8. The minimum Gasteiger partial charge on any atom is -0.274 e. The average molecular weight is 289 g/mol. The van der Waals surface area contributed by atoms with Crippen LogP contribution in [0.4, 0.5) is 0 Å². The summed E-state index contributed by atoms with van der Waals surface area (Å²) in [4.78, 5) is 11.1. The van der Waals surface area contributed by atoms with Gasteiger partial charge in [-0.25, -0.2) is 4.21 Å². The van der Waals surface area contributed by atoms with Gasteiger partial charge in [0.2, 0.25) is 5.91 Å². The van der Waals surface area contributed by atoms with Gasteiger partial charge in [-0.3, -0.25) is 9.10 Å². The monoisotopic (exact) mass is 289 g/mol. The molecular formula is C6H12NO2PS4. The number of amides is 1. The van der Waals surface area contributed by atoms with Crippen molar-refractivity contribution in [3.63, 3.8) is 0 Å². The fourth-order valence-corrected chi connectivity index (χ4v) is 11.2. The maximum Gasteiger partial charge on any atom is 0.235 e. The van der Waals surface area contributed by atoms with Crippen LogP contribution >= 0.6 is 28.1 Å². The van der Waals surface area contributed by atoms with Crippen molar-refractivity contribution in [3.05, 3.63) is 0 Å². The van der Waals surface area contributed by atoms with Gasteiger partial charge in [0.05, 0.1) is 10.9 Å². The van der Waals surface area contributed by atoms with Crippen LogP contribution in [-0.4, -0.2) is 32.2 Å². The number of carbonyl (C=O) groups is 1. The van der Waals surface area contributed by atoms with Gasteiger partial charge in [-0.1, -0.05) is 18.7 Å². The molecule has 1 aliphatic rings. The summed E-state index contributed by atoms with van der Waals surface area (Å²) in [5, 5.41) is 0. The molecule has 0 aromatic heterocycles. The van der Waals surface area contributed by atoms with E-state index in [1.807, 2.05) is 6.92 Å². The van der Waals surface area contributed by atoms with Crippen LogP contribution in [0.3, 0.4) is 0 Å². The molecular weight excluding hydrogens is 277 g/mol. The highest BCUT2D eigenvalue weighted by Crippen LogP contribution is 2.69. The molecule has 0 aromatic carbocycles. The lowest BCUT2D eigenvalue weighted by Crippen LogP contribution is -2.20. The summed E-state index contributed by atoms with van der Waals surface area (Å²) in [5.74, 6) is 0.764. The Kier molecular flexibility index (Phi) is 4.53. The normalized spacial score (nSPS) is 31.9. The van der Waals surface area contributed by atoms with Crippen molar-refractivity contribution in [2.45, 2.75) is 18.3 Å². The summed E-state index contributed by atoms with van der Waals surface area (Å²) in [5.41, 5.74) is 0. The van der Waals surface area contributed by atoms with Crippen molar-refractivity contribution >= 4 is 56.8 Å². The van der Waals surface area contributed by atoms with E-state index in [0.717, 1.165) is 5.75 Å². The number of rotatable bonds is 3. The lowest BCUT2D eigenvalue weighted by atomic mass is 10.5. The van der Waals surface area contributed by atoms with Gasteiger partial charge in [-0.2, -0.15) is 0 Å². The summed E-state index contributed by atoms with van der Waals surface area (Å²) in [7, 11) is 0.279. The first kappa shape index (κ1) is 13.0. The summed E-state index contributed by atoms with van der Waals surface area (Å²) in [6.45, 7) is 1.99. The molecule has 1 heterocycles. The van der Waals surface area contributed by atoms with E-state index < -0.39 is 15.4 Å². The summed E-state index contributed by atoms with van der Waals surface area (Å²) in [6.07, 6.45) is 0.289. The van der Waals surface area contributed by atoms with E-state index in [1.165, 1.54) is 4.31 Å². The fraction of sp³-hybridized carbons (Fsp3) is 0.833. The van der Waals surface area contributed by atoms with E-state index in [4.69, 9.17) is 11.8 Å². The van der Waals surface area contributed by atoms with Crippen LogP contribution in [0.1, 0.15) is 13.3 Å². The summed E-state index contributed by atoms with van der Waals surface area (Å²) in [6, 6.07) is 0. The molecule has 0 aromatic rings. The number of hydrogen-bond acceptors (Lipinski definition) is 4. The first-order valence-corrected chi connectivity index (χ1v) is 10.8. The van der Waals surface area contributed by atoms with Crippen LogP contribution in [0.2, 0.25) is 0 Å². The number of carbonyl (C=O) groups excluding carboxylic acids is 1. The molecule has 1 aliphatic heterocycles. The number of thiol groups is 1. The van der Waals surface area contributed by atoms with Crippen molar-refractivity contribution in [1.29, 1.82) is 0 Å². The van der Waals surface area contributed by atoms with Gasteiger partial charge in [0.25, 0.3) is 0 Å². The molecule has 82 valence electrons. The molecule has 0 spiro atoms. The first-order valence-electron chi connectivity index (χ1n) is 4.04. The Hall–Kier alpha value is 0.970. The molecule has 14 heavy (non-hydrogen) atoms. The molecule has 0 N–H and O–H groups in total. The standard InChI is InChI=1S/C6H12NO2PS4/c1-3-13-10(11,12)6-4-5(8)7(2)14(6)9/h6H,3-4H2,1-2H3,(H,11,12). The molecule has 0 radical (unpaired) electrons. The molecule has 0 aliphatic carbocycles. The third kappa shape index (κ3) is 2.55. The van der Waals surface area contributed by atoms with Gasteiger partial charge in [0.15, 0.2) is 0 Å². The van der Waals surface area contributed by atoms with Crippen molar-refractivity contribution in [3.8, 4) is 0 Å². The Morgan fingerprint density at radius 1 is 1.86 bits per heavy atom. The SMILES string of the molecule is CCSP(=S)(S)C1CC(=O)N(C)S1=O. The quantitative estimate of drug-likeness (QED) is 0.635. The zero-order valence-corrected chi connectivity index (χ0v) is 12.1. The summed E-state index contributed by atoms with van der Waals surface area (Å²) < 4.78 is 11.0. The van der Waals surface area contributed by atoms with Crippen molar-refractivity contribution in [2.75, 3.05) is 12.8 Å². The van der Waals surface area contributed by atoms with Crippen LogP contribution in [-0.2, 0) is 27.6 Å². The Morgan fingerprint density at radius 3 is 2.79 bits per heavy atom. The Labute approximate surface area is 101 Å². The molecule has 3 nitrogen and oxygen atoms in total. The average Bonchev–Trinajstić information content (AvgIpc) is 2.33. The predicted molar refractivity (Wildman–Crippen MR) is 70.7 cm³/mol. The van der Waals surface area contributed by atoms with Crippen molar-refractivity contribution in [2.24, 2.45) is 0 Å². The fourth-order valence-electron chi connectivity index (χ4n) is 1.13. The zero-order chi connectivity index (χ0) is 10.9. The smallest absolute Gasteiger partial charge is 0.235 e. The van der Waals surface area contributed by atoms with Crippen LogP contribution in [0.25, 0.3) is 0 Å². The molecule has 1 rings (SSSR count). The Morgan fingerprint density at radius 2 is 2.43 bits per heavy atom. The highest BCUT2D eigenvalue weighted by Gasteiger charge is 2.42. The largest absolute Gasteiger partial charge is 0.274 e. The summed E-state index contributed by atoms with van der Waals surface area (Å²) >= 11 is 11.3. The van der Waals surface area contributed by atoms with Crippen LogP contribution < -0.4 is 0 Å². The molecule has 1 saturated heterocycles. The first-order chi connectivity index (χ1) is 6.40. The molecule has 3 unspecified atom stereocenters. The molecule has 0 bridgehead atoms. The molecule has 3 atom stereocenters. The zero-order valence-electron chi connectivity index (χ0n) is 7.87. The van der Waals surface area contributed by atoms with Crippen LogP contribution in [0.5, 0.6) is 0 Å². The molecule has 8 heteroatoms. The number of nitrogens with zero attached hydrogens (tertiary/aromatic N) is 1. The van der Waals surface area contributed by atoms with E-state index in [9.17, 15) is 9.00 Å². The second-order valence-electron chi connectivity index (χ2n) is 2.81. The Bertz CT molecular complexity index is 321. The number of hydrogen-bond donors (Lipinski definition) is 1. The maximum absolute atomic E-state index is 11.8. The topological polar surface area (TPSA) is 37.4 Å². The molecule has 0 saturated carbocycles. The van der Waals surface area contributed by atoms with Crippen molar-refractivity contribution in [1.82, 2.24) is 4.31 Å². The third-order valence-electron chi connectivity index (χ3n) is 1.88. The second kappa shape index (κ2) is 4.87. The van der Waals surface area contributed by atoms with Gasteiger partial charge in [-0.05, 0) is 5.75 Å².